The molecule has 0 atom stereocenters. The zero-order valence-corrected chi connectivity index (χ0v) is 17.7. The first-order valence-corrected chi connectivity index (χ1v) is 11.2. The number of aryl methyl sites for hydroxylation is 1. The number of guanidine groups is 1. The Bertz CT molecular complexity index is 873. The van der Waals surface area contributed by atoms with Gasteiger partial charge in [0.05, 0.1) is 4.90 Å². The Balaban J connectivity index is 1.68. The second kappa shape index (κ2) is 10.2. The van der Waals surface area contributed by atoms with Crippen LogP contribution in [0.25, 0.3) is 0 Å². The Morgan fingerprint density at radius 1 is 1.14 bits per heavy atom. The molecule has 0 aliphatic heterocycles. The molecule has 28 heavy (non-hydrogen) atoms. The largest absolute Gasteiger partial charge is 0.356 e. The maximum absolute atomic E-state index is 11.5. The van der Waals surface area contributed by atoms with Crippen molar-refractivity contribution in [1.82, 2.24) is 20.8 Å². The number of benzene rings is 1. The zero-order chi connectivity index (χ0) is 20.6. The molecule has 1 heterocycles. The minimum absolute atomic E-state index is 0.265. The van der Waals surface area contributed by atoms with Crippen LogP contribution in [0.3, 0.4) is 0 Å². The summed E-state index contributed by atoms with van der Waals surface area (Å²) in [5.41, 5.74) is 1.06. The van der Waals surface area contributed by atoms with E-state index in [1.807, 2.05) is 26.0 Å². The Kier molecular flexibility index (Phi) is 7.98. The first kappa shape index (κ1) is 21.9. The smallest absolute Gasteiger partial charge is 0.226 e. The van der Waals surface area contributed by atoms with Crippen LogP contribution < -0.4 is 10.6 Å². The number of rotatable bonds is 9. The second-order valence-corrected chi connectivity index (χ2v) is 8.91. The normalized spacial score (nSPS) is 12.4. The lowest BCUT2D eigenvalue weighted by Gasteiger charge is -2.11. The molecule has 0 spiro atoms. The highest BCUT2D eigenvalue weighted by atomic mass is 32.2. The molecule has 9 heteroatoms. The molecule has 0 aliphatic rings. The van der Waals surface area contributed by atoms with Crippen LogP contribution in [0.1, 0.15) is 43.5 Å². The van der Waals surface area contributed by atoms with Crippen molar-refractivity contribution in [3.05, 3.63) is 41.5 Å². The molecule has 0 saturated carbocycles. The number of aliphatic imine (C=N–C) groups is 1. The van der Waals surface area contributed by atoms with Crippen molar-refractivity contribution in [2.24, 2.45) is 4.99 Å². The van der Waals surface area contributed by atoms with Crippen LogP contribution in [0.15, 0.2) is 38.7 Å². The average Bonchev–Trinajstić information content (AvgIpc) is 3.12. The van der Waals surface area contributed by atoms with Crippen molar-refractivity contribution in [2.45, 2.75) is 43.9 Å². The molecule has 2 N–H and O–H groups in total. The molecule has 2 aromatic rings. The summed E-state index contributed by atoms with van der Waals surface area (Å²) in [6.45, 7) is 5.50. The molecule has 0 bridgehead atoms. The van der Waals surface area contributed by atoms with Crippen LogP contribution in [-0.4, -0.2) is 50.9 Å². The summed E-state index contributed by atoms with van der Waals surface area (Å²) in [6, 6.07) is 6.95. The highest BCUT2D eigenvalue weighted by Gasteiger charge is 2.09. The van der Waals surface area contributed by atoms with Gasteiger partial charge in [0.1, 0.15) is 0 Å². The Hall–Kier alpha value is -2.42. The first-order valence-electron chi connectivity index (χ1n) is 9.35. The summed E-state index contributed by atoms with van der Waals surface area (Å²) in [5.74, 6) is 2.39. The predicted molar refractivity (Wildman–Crippen MR) is 109 cm³/mol. The lowest BCUT2D eigenvalue weighted by atomic mass is 10.1. The monoisotopic (exact) mass is 407 g/mol. The highest BCUT2D eigenvalue weighted by Crippen LogP contribution is 2.11. The fourth-order valence-corrected chi connectivity index (χ4v) is 3.13. The predicted octanol–water partition coefficient (Wildman–Crippen LogP) is 1.94. The zero-order valence-electron chi connectivity index (χ0n) is 16.9. The molecule has 0 amide bonds. The van der Waals surface area contributed by atoms with Gasteiger partial charge in [-0.2, -0.15) is 4.98 Å². The molecule has 0 saturated heterocycles. The van der Waals surface area contributed by atoms with Gasteiger partial charge in [-0.15, -0.1) is 0 Å². The van der Waals surface area contributed by atoms with Crippen LogP contribution in [0.4, 0.5) is 0 Å². The lowest BCUT2D eigenvalue weighted by Crippen LogP contribution is -2.38. The van der Waals surface area contributed by atoms with Crippen LogP contribution in [0.2, 0.25) is 0 Å². The van der Waals surface area contributed by atoms with Gasteiger partial charge < -0.3 is 15.2 Å². The van der Waals surface area contributed by atoms with Crippen molar-refractivity contribution in [1.29, 1.82) is 0 Å². The fraction of sp³-hybridized carbons (Fsp3) is 0.526. The molecule has 154 valence electrons. The molecule has 1 aromatic carbocycles. The fourth-order valence-electron chi connectivity index (χ4n) is 2.50. The van der Waals surface area contributed by atoms with E-state index in [0.29, 0.717) is 17.3 Å². The van der Waals surface area contributed by atoms with Crippen LogP contribution in [-0.2, 0) is 22.7 Å². The van der Waals surface area contributed by atoms with Crippen molar-refractivity contribution >= 4 is 15.8 Å². The van der Waals surface area contributed by atoms with Gasteiger partial charge in [-0.05, 0) is 30.5 Å². The first-order chi connectivity index (χ1) is 13.3. The summed E-state index contributed by atoms with van der Waals surface area (Å²) in [7, 11) is -1.43. The van der Waals surface area contributed by atoms with Gasteiger partial charge in [0.25, 0.3) is 0 Å². The third-order valence-corrected chi connectivity index (χ3v) is 5.27. The van der Waals surface area contributed by atoms with E-state index in [-0.39, 0.29) is 5.92 Å². The molecule has 1 aromatic heterocycles. The number of nitrogens with one attached hydrogen (secondary N) is 2. The van der Waals surface area contributed by atoms with Gasteiger partial charge in [0.15, 0.2) is 21.6 Å². The highest BCUT2D eigenvalue weighted by molar-refractivity contribution is 7.90. The standard InChI is InChI=1S/C19H29N5O3S/c1-14(2)18-23-17(27-24-18)6-5-12-21-19(20-3)22-13-11-15-7-9-16(10-8-15)28(4,25)26/h7-10,14H,5-6,11-13H2,1-4H3,(H2,20,21,22). The maximum atomic E-state index is 11.5. The SMILES string of the molecule is CN=C(NCCCc1nc(C(C)C)no1)NCCc1ccc(S(C)(=O)=O)cc1. The number of sulfone groups is 1. The van der Waals surface area contributed by atoms with E-state index in [1.54, 1.807) is 19.2 Å². The van der Waals surface area contributed by atoms with Gasteiger partial charge in [0, 0.05) is 38.7 Å². The van der Waals surface area contributed by atoms with E-state index in [0.717, 1.165) is 43.2 Å². The van der Waals surface area contributed by atoms with E-state index < -0.39 is 9.84 Å². The van der Waals surface area contributed by atoms with Crippen LogP contribution >= 0.6 is 0 Å². The van der Waals surface area contributed by atoms with Gasteiger partial charge >= 0.3 is 0 Å². The van der Waals surface area contributed by atoms with Crippen LogP contribution in [0.5, 0.6) is 0 Å². The van der Waals surface area contributed by atoms with Gasteiger partial charge in [-0.3, -0.25) is 4.99 Å². The Morgan fingerprint density at radius 2 is 1.82 bits per heavy atom. The quantitative estimate of drug-likeness (QED) is 0.371. The van der Waals surface area contributed by atoms with E-state index in [1.165, 1.54) is 6.26 Å². The summed E-state index contributed by atoms with van der Waals surface area (Å²) >= 11 is 0. The number of hydrogen-bond acceptors (Lipinski definition) is 6. The van der Waals surface area contributed by atoms with E-state index in [2.05, 4.69) is 25.8 Å². The van der Waals surface area contributed by atoms with Crippen molar-refractivity contribution < 1.29 is 12.9 Å². The number of nitrogens with zero attached hydrogens (tertiary/aromatic N) is 3. The summed E-state index contributed by atoms with van der Waals surface area (Å²) < 4.78 is 28.2. The molecule has 0 aliphatic carbocycles. The van der Waals surface area contributed by atoms with Gasteiger partial charge in [-0.25, -0.2) is 8.42 Å². The summed E-state index contributed by atoms with van der Waals surface area (Å²) in [4.78, 5) is 8.90. The third kappa shape index (κ3) is 6.95. The molecular formula is C19H29N5O3S. The molecule has 0 radical (unpaired) electrons. The van der Waals surface area contributed by atoms with E-state index in [9.17, 15) is 8.42 Å². The van der Waals surface area contributed by atoms with Crippen molar-refractivity contribution in [2.75, 3.05) is 26.4 Å². The lowest BCUT2D eigenvalue weighted by molar-refractivity contribution is 0.368. The van der Waals surface area contributed by atoms with Gasteiger partial charge in [0.2, 0.25) is 5.89 Å². The Labute approximate surface area is 166 Å². The average molecular weight is 408 g/mol. The summed E-state index contributed by atoms with van der Waals surface area (Å²) in [5, 5.41) is 10.5. The van der Waals surface area contributed by atoms with E-state index in [4.69, 9.17) is 4.52 Å². The van der Waals surface area contributed by atoms with Crippen molar-refractivity contribution in [3.63, 3.8) is 0 Å². The maximum Gasteiger partial charge on any atom is 0.226 e. The van der Waals surface area contributed by atoms with Crippen LogP contribution in [0, 0.1) is 0 Å². The van der Waals surface area contributed by atoms with Crippen molar-refractivity contribution in [3.8, 4) is 0 Å². The molecular weight excluding hydrogens is 378 g/mol. The third-order valence-electron chi connectivity index (χ3n) is 4.14. The molecule has 8 nitrogen and oxygen atoms in total. The molecule has 0 fully saturated rings. The minimum Gasteiger partial charge on any atom is -0.356 e. The topological polar surface area (TPSA) is 109 Å². The number of hydrogen-bond donors (Lipinski definition) is 2. The number of aromatic nitrogens is 2. The Morgan fingerprint density at radius 3 is 2.39 bits per heavy atom. The molecule has 0 unspecified atom stereocenters. The minimum atomic E-state index is -3.15. The summed E-state index contributed by atoms with van der Waals surface area (Å²) in [6.07, 6.45) is 3.55. The van der Waals surface area contributed by atoms with Gasteiger partial charge in [-0.1, -0.05) is 31.1 Å². The molecule has 2 rings (SSSR count). The second-order valence-electron chi connectivity index (χ2n) is 6.90. The van der Waals surface area contributed by atoms with E-state index >= 15 is 0 Å².